The molecule has 2 aromatic carbocycles. The van der Waals surface area contributed by atoms with E-state index < -0.39 is 24.1 Å². The maximum absolute atomic E-state index is 13.6. The highest BCUT2D eigenvalue weighted by atomic mass is 35.5. The Hall–Kier alpha value is -3.39. The SMILES string of the molecule is CC(=O)N(c1cc(NC(=O)Cc2cccc(F)c2Cl)ccn1)c1ccccc1C(F)F. The zero-order valence-electron chi connectivity index (χ0n) is 16.3. The van der Waals surface area contributed by atoms with Gasteiger partial charge < -0.3 is 5.32 Å². The Morgan fingerprint density at radius 3 is 2.58 bits per heavy atom. The minimum Gasteiger partial charge on any atom is -0.326 e. The molecular weight excluding hydrogens is 431 g/mol. The van der Waals surface area contributed by atoms with Crippen molar-refractivity contribution in [2.75, 3.05) is 10.2 Å². The van der Waals surface area contributed by atoms with Gasteiger partial charge in [0.25, 0.3) is 6.43 Å². The first-order valence-corrected chi connectivity index (χ1v) is 9.52. The molecule has 1 aromatic heterocycles. The Kier molecular flexibility index (Phi) is 6.91. The standard InChI is InChI=1S/C22H17ClF3N3O2/c1-13(30)29(18-8-3-2-6-16(18)22(25)26)19-12-15(9-10-27-19)28-20(31)11-14-5-4-7-17(24)21(14)23/h2-10,12,22H,11H2,1H3,(H,27,28,31). The Labute approximate surface area is 181 Å². The molecule has 5 nitrogen and oxygen atoms in total. The van der Waals surface area contributed by atoms with Crippen molar-refractivity contribution in [3.05, 3.63) is 82.8 Å². The minimum absolute atomic E-state index is 0.00693. The van der Waals surface area contributed by atoms with E-state index in [1.807, 2.05) is 0 Å². The van der Waals surface area contributed by atoms with Crippen LogP contribution in [0.5, 0.6) is 0 Å². The summed E-state index contributed by atoms with van der Waals surface area (Å²) in [5.74, 6) is -1.59. The molecule has 1 heterocycles. The number of pyridine rings is 1. The third-order valence-electron chi connectivity index (χ3n) is 4.37. The second-order valence-corrected chi connectivity index (χ2v) is 6.93. The number of para-hydroxylation sites is 1. The van der Waals surface area contributed by atoms with E-state index in [1.54, 1.807) is 0 Å². The van der Waals surface area contributed by atoms with Crippen molar-refractivity contribution < 1.29 is 22.8 Å². The summed E-state index contributed by atoms with van der Waals surface area (Å²) in [6.07, 6.45) is -1.64. The summed E-state index contributed by atoms with van der Waals surface area (Å²) in [4.78, 5) is 29.8. The van der Waals surface area contributed by atoms with Crippen molar-refractivity contribution in [1.82, 2.24) is 4.98 Å². The highest BCUT2D eigenvalue weighted by molar-refractivity contribution is 6.31. The van der Waals surface area contributed by atoms with Crippen LogP contribution in [0.25, 0.3) is 0 Å². The summed E-state index contributed by atoms with van der Waals surface area (Å²) in [6, 6.07) is 12.6. The zero-order valence-corrected chi connectivity index (χ0v) is 17.0. The van der Waals surface area contributed by atoms with E-state index in [-0.39, 0.29) is 34.2 Å². The van der Waals surface area contributed by atoms with Gasteiger partial charge in [0.1, 0.15) is 11.6 Å². The van der Waals surface area contributed by atoms with Gasteiger partial charge in [-0.15, -0.1) is 0 Å². The molecule has 1 N–H and O–H groups in total. The fraction of sp³-hybridized carbons (Fsp3) is 0.136. The number of aromatic nitrogens is 1. The molecule has 0 spiro atoms. The first kappa shape index (κ1) is 22.3. The van der Waals surface area contributed by atoms with Gasteiger partial charge in [-0.25, -0.2) is 18.2 Å². The molecule has 0 saturated carbocycles. The van der Waals surface area contributed by atoms with Gasteiger partial charge >= 0.3 is 0 Å². The molecule has 0 atom stereocenters. The number of amides is 2. The molecule has 0 aliphatic carbocycles. The number of carbonyl (C=O) groups excluding carboxylic acids is 2. The summed E-state index contributed by atoms with van der Waals surface area (Å²) >= 11 is 5.88. The molecule has 31 heavy (non-hydrogen) atoms. The van der Waals surface area contributed by atoms with E-state index in [0.717, 1.165) is 4.90 Å². The highest BCUT2D eigenvalue weighted by Gasteiger charge is 2.23. The molecule has 0 fully saturated rings. The molecule has 0 bridgehead atoms. The number of rotatable bonds is 6. The molecule has 2 amide bonds. The smallest absolute Gasteiger partial charge is 0.265 e. The van der Waals surface area contributed by atoms with Crippen LogP contribution in [-0.2, 0) is 16.0 Å². The third kappa shape index (κ3) is 5.21. The molecule has 0 unspecified atom stereocenters. The summed E-state index contributed by atoms with van der Waals surface area (Å²) in [5.41, 5.74) is 0.259. The molecular formula is C22H17ClF3N3O2. The number of nitrogens with one attached hydrogen (secondary N) is 1. The minimum atomic E-state index is -2.79. The van der Waals surface area contributed by atoms with Gasteiger partial charge in [0, 0.05) is 30.4 Å². The topological polar surface area (TPSA) is 62.3 Å². The van der Waals surface area contributed by atoms with Gasteiger partial charge in [0.2, 0.25) is 11.8 Å². The van der Waals surface area contributed by atoms with Crippen LogP contribution in [0.3, 0.4) is 0 Å². The first-order valence-electron chi connectivity index (χ1n) is 9.14. The zero-order chi connectivity index (χ0) is 22.5. The van der Waals surface area contributed by atoms with Crippen molar-refractivity contribution in [2.45, 2.75) is 19.8 Å². The van der Waals surface area contributed by atoms with Crippen LogP contribution >= 0.6 is 11.6 Å². The van der Waals surface area contributed by atoms with Crippen molar-refractivity contribution in [3.8, 4) is 0 Å². The molecule has 160 valence electrons. The number of hydrogen-bond acceptors (Lipinski definition) is 3. The van der Waals surface area contributed by atoms with Gasteiger partial charge in [-0.1, -0.05) is 41.9 Å². The van der Waals surface area contributed by atoms with Gasteiger partial charge in [0.15, 0.2) is 0 Å². The molecule has 0 aliphatic heterocycles. The van der Waals surface area contributed by atoms with E-state index in [1.165, 1.54) is 67.7 Å². The molecule has 3 rings (SSSR count). The number of carbonyl (C=O) groups is 2. The van der Waals surface area contributed by atoms with Gasteiger partial charge in [-0.05, 0) is 23.8 Å². The van der Waals surface area contributed by atoms with E-state index in [4.69, 9.17) is 11.6 Å². The summed E-state index contributed by atoms with van der Waals surface area (Å²) in [6.45, 7) is 1.22. The Morgan fingerprint density at radius 2 is 1.87 bits per heavy atom. The lowest BCUT2D eigenvalue weighted by atomic mass is 10.1. The second-order valence-electron chi connectivity index (χ2n) is 6.55. The lowest BCUT2D eigenvalue weighted by molar-refractivity contribution is -0.116. The number of halogens is 4. The van der Waals surface area contributed by atoms with Crippen LogP contribution in [0, 0.1) is 5.82 Å². The van der Waals surface area contributed by atoms with Crippen LogP contribution in [0.15, 0.2) is 60.8 Å². The number of anilines is 3. The molecule has 0 saturated heterocycles. The summed E-state index contributed by atoms with van der Waals surface area (Å²) < 4.78 is 40.4. The van der Waals surface area contributed by atoms with Crippen LogP contribution < -0.4 is 10.2 Å². The number of nitrogens with zero attached hydrogens (tertiary/aromatic N) is 2. The quantitative estimate of drug-likeness (QED) is 0.529. The largest absolute Gasteiger partial charge is 0.326 e. The maximum atomic E-state index is 13.6. The van der Waals surface area contributed by atoms with Gasteiger partial charge in [0.05, 0.1) is 17.1 Å². The predicted octanol–water partition coefficient (Wildman–Crippen LogP) is 5.68. The lowest BCUT2D eigenvalue weighted by Crippen LogP contribution is -2.25. The van der Waals surface area contributed by atoms with Gasteiger partial charge in [-0.2, -0.15) is 0 Å². The van der Waals surface area contributed by atoms with E-state index in [0.29, 0.717) is 5.56 Å². The fourth-order valence-electron chi connectivity index (χ4n) is 3.01. The Balaban J connectivity index is 1.87. The van der Waals surface area contributed by atoms with Crippen molar-refractivity contribution in [2.24, 2.45) is 0 Å². The molecule has 0 aliphatic rings. The number of alkyl halides is 2. The Morgan fingerprint density at radius 1 is 1.13 bits per heavy atom. The normalized spacial score (nSPS) is 10.8. The average molecular weight is 448 g/mol. The average Bonchev–Trinajstić information content (AvgIpc) is 2.72. The fourth-order valence-corrected chi connectivity index (χ4v) is 3.20. The number of benzene rings is 2. The Bertz CT molecular complexity index is 1120. The molecule has 0 radical (unpaired) electrons. The maximum Gasteiger partial charge on any atom is 0.265 e. The molecule has 3 aromatic rings. The van der Waals surface area contributed by atoms with Crippen molar-refractivity contribution in [1.29, 1.82) is 0 Å². The predicted molar refractivity (Wildman–Crippen MR) is 112 cm³/mol. The first-order chi connectivity index (χ1) is 14.8. The van der Waals surface area contributed by atoms with Crippen LogP contribution in [0.1, 0.15) is 24.5 Å². The second kappa shape index (κ2) is 9.61. The summed E-state index contributed by atoms with van der Waals surface area (Å²) in [7, 11) is 0. The highest BCUT2D eigenvalue weighted by Crippen LogP contribution is 2.34. The third-order valence-corrected chi connectivity index (χ3v) is 4.79. The van der Waals surface area contributed by atoms with Crippen molar-refractivity contribution >= 4 is 40.6 Å². The van der Waals surface area contributed by atoms with E-state index >= 15 is 0 Å². The van der Waals surface area contributed by atoms with Gasteiger partial charge in [-0.3, -0.25) is 14.5 Å². The van der Waals surface area contributed by atoms with E-state index in [9.17, 15) is 22.8 Å². The van der Waals surface area contributed by atoms with Crippen molar-refractivity contribution in [3.63, 3.8) is 0 Å². The van der Waals surface area contributed by atoms with Crippen LogP contribution in [0.4, 0.5) is 30.4 Å². The number of hydrogen-bond donors (Lipinski definition) is 1. The monoisotopic (exact) mass is 447 g/mol. The molecule has 9 heteroatoms. The lowest BCUT2D eigenvalue weighted by Gasteiger charge is -2.23. The summed E-state index contributed by atoms with van der Waals surface area (Å²) in [5, 5.41) is 2.47. The van der Waals surface area contributed by atoms with E-state index in [2.05, 4.69) is 10.3 Å². The van der Waals surface area contributed by atoms with Crippen LogP contribution in [0.2, 0.25) is 5.02 Å². The van der Waals surface area contributed by atoms with Crippen LogP contribution in [-0.4, -0.2) is 16.8 Å².